The van der Waals surface area contributed by atoms with E-state index in [1.54, 1.807) is 20.8 Å². The van der Waals surface area contributed by atoms with Gasteiger partial charge in [-0.1, -0.05) is 18.2 Å². The molecule has 0 saturated carbocycles. The van der Waals surface area contributed by atoms with Crippen molar-refractivity contribution in [1.82, 2.24) is 0 Å². The van der Waals surface area contributed by atoms with Crippen molar-refractivity contribution in [2.24, 2.45) is 9.81 Å². The molecular formula is C10H18F3NOS. The van der Waals surface area contributed by atoms with Crippen LogP contribution in [0.2, 0.25) is 0 Å². The van der Waals surface area contributed by atoms with E-state index >= 15 is 0 Å². The average Bonchev–Trinajstić information content (AvgIpc) is 1.99. The summed E-state index contributed by atoms with van der Waals surface area (Å²) in [6.45, 7) is 7.35. The molecule has 0 heterocycles. The predicted molar refractivity (Wildman–Crippen MR) is 60.8 cm³/mol. The van der Waals surface area contributed by atoms with Gasteiger partial charge in [-0.15, -0.1) is 0 Å². The first-order chi connectivity index (χ1) is 6.88. The zero-order valence-electron chi connectivity index (χ0n) is 10.2. The molecule has 16 heavy (non-hydrogen) atoms. The van der Waals surface area contributed by atoms with Crippen LogP contribution in [0.4, 0.5) is 13.2 Å². The minimum Gasteiger partial charge on any atom is -0.591 e. The molecule has 0 rings (SSSR count). The molecule has 0 amide bonds. The van der Waals surface area contributed by atoms with Crippen LogP contribution < -0.4 is 0 Å². The zero-order valence-corrected chi connectivity index (χ0v) is 11.0. The van der Waals surface area contributed by atoms with E-state index in [2.05, 4.69) is 4.40 Å². The Morgan fingerprint density at radius 3 is 1.88 bits per heavy atom. The fraction of sp³-hybridized carbons (Fsp3) is 0.900. The molecule has 0 aliphatic rings. The van der Waals surface area contributed by atoms with Gasteiger partial charge >= 0.3 is 6.18 Å². The van der Waals surface area contributed by atoms with Crippen LogP contribution in [0.1, 0.15) is 41.0 Å². The van der Waals surface area contributed by atoms with E-state index in [4.69, 9.17) is 0 Å². The topological polar surface area (TPSA) is 35.4 Å². The van der Waals surface area contributed by atoms with Gasteiger partial charge in [0.15, 0.2) is 0 Å². The Labute approximate surface area is 97.6 Å². The van der Waals surface area contributed by atoms with Crippen molar-refractivity contribution in [2.45, 2.75) is 52.0 Å². The summed E-state index contributed by atoms with van der Waals surface area (Å²) < 4.78 is 51.9. The molecule has 0 fully saturated rings. The Morgan fingerprint density at radius 1 is 1.12 bits per heavy atom. The van der Waals surface area contributed by atoms with E-state index in [1.165, 1.54) is 0 Å². The second kappa shape index (κ2) is 4.96. The molecule has 2 nitrogen and oxygen atoms in total. The van der Waals surface area contributed by atoms with Crippen LogP contribution in [0.25, 0.3) is 0 Å². The summed E-state index contributed by atoms with van der Waals surface area (Å²) in [5.41, 5.74) is -1.83. The molecule has 96 valence electrons. The molecule has 0 bridgehead atoms. The summed E-state index contributed by atoms with van der Waals surface area (Å²) in [5.74, 6) is 0. The minimum absolute atomic E-state index is 0.266. The molecule has 0 aromatic rings. The maximum atomic E-state index is 12.5. The quantitative estimate of drug-likeness (QED) is 0.563. The third kappa shape index (κ3) is 4.74. The van der Waals surface area contributed by atoms with Crippen LogP contribution in [0.3, 0.4) is 0 Å². The van der Waals surface area contributed by atoms with Crippen molar-refractivity contribution in [1.29, 1.82) is 0 Å². The summed E-state index contributed by atoms with van der Waals surface area (Å²) in [4.78, 5) is 0. The number of hydrogen-bond donors (Lipinski definition) is 0. The second-order valence-corrected chi connectivity index (χ2v) is 7.17. The molecule has 0 N–H and O–H groups in total. The van der Waals surface area contributed by atoms with Gasteiger partial charge < -0.3 is 4.55 Å². The number of rotatable bonds is 3. The summed E-state index contributed by atoms with van der Waals surface area (Å²) in [7, 11) is 0. The molecule has 0 unspecified atom stereocenters. The van der Waals surface area contributed by atoms with Gasteiger partial charge in [-0.3, -0.25) is 0 Å². The Hall–Kier alpha value is -0.230. The van der Waals surface area contributed by atoms with E-state index in [0.717, 1.165) is 20.1 Å². The van der Waals surface area contributed by atoms with E-state index < -0.39 is 27.7 Å². The molecule has 0 aromatic carbocycles. The normalized spacial score (nSPS) is 16.8. The summed E-state index contributed by atoms with van der Waals surface area (Å²) in [6.07, 6.45) is -3.44. The summed E-state index contributed by atoms with van der Waals surface area (Å²) in [5, 5.41) is 0. The first kappa shape index (κ1) is 15.8. The standard InChI is InChI=1S/C10H18F3NOS/c1-8(2,3)16(15)14-7-6-9(4,5)10(11,12)13/h7H,6H2,1-5H3/b14-7+/t16-/m0/s1. The molecule has 6 heteroatoms. The first-order valence-corrected chi connectivity index (χ1v) is 6.00. The lowest BCUT2D eigenvalue weighted by Crippen LogP contribution is -2.32. The lowest BCUT2D eigenvalue weighted by molar-refractivity contribution is -0.208. The van der Waals surface area contributed by atoms with Crippen LogP contribution in [-0.2, 0) is 11.4 Å². The van der Waals surface area contributed by atoms with E-state index in [1.807, 2.05) is 0 Å². The van der Waals surface area contributed by atoms with Crippen molar-refractivity contribution in [3.05, 3.63) is 0 Å². The Bertz CT molecular complexity index is 256. The maximum absolute atomic E-state index is 12.5. The minimum atomic E-state index is -4.28. The first-order valence-electron chi connectivity index (χ1n) is 4.89. The van der Waals surface area contributed by atoms with Crippen molar-refractivity contribution < 1.29 is 17.7 Å². The highest BCUT2D eigenvalue weighted by molar-refractivity contribution is 7.91. The molecule has 0 aliphatic carbocycles. The summed E-state index contributed by atoms with van der Waals surface area (Å²) >= 11 is -1.50. The van der Waals surface area contributed by atoms with Gasteiger partial charge in [0, 0.05) is 6.42 Å². The largest absolute Gasteiger partial charge is 0.591 e. The van der Waals surface area contributed by atoms with Gasteiger partial charge in [0.2, 0.25) is 0 Å². The molecule has 0 aliphatic heterocycles. The molecular weight excluding hydrogens is 239 g/mol. The monoisotopic (exact) mass is 257 g/mol. The highest BCUT2D eigenvalue weighted by Crippen LogP contribution is 2.39. The van der Waals surface area contributed by atoms with Crippen molar-refractivity contribution in [2.75, 3.05) is 0 Å². The molecule has 0 aromatic heterocycles. The van der Waals surface area contributed by atoms with Gasteiger partial charge in [0.1, 0.15) is 16.1 Å². The maximum Gasteiger partial charge on any atom is 0.394 e. The highest BCUT2D eigenvalue weighted by Gasteiger charge is 2.46. The average molecular weight is 257 g/mol. The molecule has 0 spiro atoms. The van der Waals surface area contributed by atoms with Crippen LogP contribution in [-0.4, -0.2) is 21.7 Å². The Kier molecular flexibility index (Phi) is 4.89. The number of nitrogens with zero attached hydrogens (tertiary/aromatic N) is 1. The highest BCUT2D eigenvalue weighted by atomic mass is 32.2. The third-order valence-electron chi connectivity index (χ3n) is 2.06. The Morgan fingerprint density at radius 2 is 1.56 bits per heavy atom. The fourth-order valence-electron chi connectivity index (χ4n) is 0.607. The summed E-state index contributed by atoms with van der Waals surface area (Å²) in [6, 6.07) is 0. The van der Waals surface area contributed by atoms with Crippen molar-refractivity contribution >= 4 is 17.6 Å². The van der Waals surface area contributed by atoms with Crippen LogP contribution in [0, 0.1) is 5.41 Å². The van der Waals surface area contributed by atoms with Gasteiger partial charge in [-0.2, -0.15) is 13.2 Å². The van der Waals surface area contributed by atoms with Crippen molar-refractivity contribution in [3.8, 4) is 0 Å². The van der Waals surface area contributed by atoms with Crippen LogP contribution >= 0.6 is 0 Å². The van der Waals surface area contributed by atoms with Gasteiger partial charge in [0.25, 0.3) is 0 Å². The lowest BCUT2D eigenvalue weighted by atomic mass is 9.89. The molecule has 0 saturated heterocycles. The lowest BCUT2D eigenvalue weighted by Gasteiger charge is -2.25. The van der Waals surface area contributed by atoms with E-state index in [0.29, 0.717) is 0 Å². The number of hydrogen-bond acceptors (Lipinski definition) is 2. The number of alkyl halides is 3. The second-order valence-electron chi connectivity index (χ2n) is 5.24. The fourth-order valence-corrected chi connectivity index (χ4v) is 1.13. The van der Waals surface area contributed by atoms with Crippen LogP contribution in [0.5, 0.6) is 0 Å². The molecule has 1 atom stereocenters. The third-order valence-corrected chi connectivity index (χ3v) is 3.45. The zero-order chi connectivity index (χ0) is 13.2. The smallest absolute Gasteiger partial charge is 0.394 e. The van der Waals surface area contributed by atoms with E-state index in [9.17, 15) is 17.7 Å². The van der Waals surface area contributed by atoms with Gasteiger partial charge in [-0.05, 0) is 20.8 Å². The van der Waals surface area contributed by atoms with Gasteiger partial charge in [0.05, 0.1) is 11.6 Å². The van der Waals surface area contributed by atoms with Crippen LogP contribution in [0.15, 0.2) is 4.40 Å². The Balaban J connectivity index is 4.42. The number of halogens is 3. The predicted octanol–water partition coefficient (Wildman–Crippen LogP) is 3.50. The van der Waals surface area contributed by atoms with E-state index in [-0.39, 0.29) is 6.42 Å². The SMILES string of the molecule is CC(C)(C)[S@+]([O-])/N=C/CC(C)(C)C(F)(F)F. The van der Waals surface area contributed by atoms with Crippen molar-refractivity contribution in [3.63, 3.8) is 0 Å². The van der Waals surface area contributed by atoms with Gasteiger partial charge in [-0.25, -0.2) is 0 Å². The molecule has 0 radical (unpaired) electrons.